The van der Waals surface area contributed by atoms with Gasteiger partial charge in [-0.05, 0) is 33.2 Å². The van der Waals surface area contributed by atoms with E-state index in [0.717, 1.165) is 19.4 Å². The molecule has 1 heterocycles. The van der Waals surface area contributed by atoms with Crippen molar-refractivity contribution in [1.29, 1.82) is 0 Å². The van der Waals surface area contributed by atoms with Gasteiger partial charge in [0.1, 0.15) is 6.04 Å². The molecular formula is C10H17NO2. The van der Waals surface area contributed by atoms with Gasteiger partial charge in [0, 0.05) is 5.54 Å². The summed E-state index contributed by atoms with van der Waals surface area (Å²) in [7, 11) is 0. The Bertz CT molecular complexity index is 223. The molecule has 0 amide bonds. The highest BCUT2D eigenvalue weighted by Gasteiger charge is 2.38. The first-order chi connectivity index (χ1) is 5.99. The summed E-state index contributed by atoms with van der Waals surface area (Å²) in [4.78, 5) is 12.9. The summed E-state index contributed by atoms with van der Waals surface area (Å²) in [6, 6.07) is -0.530. The standard InChI is InChI=1S/C10H17NO2/c1-4-8(9(12)13)11-7-5-6-10(11,2)3/h4,8H,1,5-7H2,2-3H3,(H,12,13). The molecule has 0 aromatic rings. The minimum absolute atomic E-state index is 0.00273. The number of carboxylic acid groups (broad SMARTS) is 1. The fourth-order valence-corrected chi connectivity index (χ4v) is 2.01. The number of nitrogens with zero attached hydrogens (tertiary/aromatic N) is 1. The van der Waals surface area contributed by atoms with Crippen LogP contribution in [0, 0.1) is 0 Å². The zero-order chi connectivity index (χ0) is 10.1. The second-order valence-electron chi connectivity index (χ2n) is 4.13. The van der Waals surface area contributed by atoms with Crippen LogP contribution in [0.1, 0.15) is 26.7 Å². The van der Waals surface area contributed by atoms with Gasteiger partial charge in [0.15, 0.2) is 0 Å². The SMILES string of the molecule is C=CC(C(=O)O)N1CCCC1(C)C. The summed E-state index contributed by atoms with van der Waals surface area (Å²) in [5.41, 5.74) is -0.00273. The molecule has 3 heteroatoms. The molecule has 1 N–H and O–H groups in total. The van der Waals surface area contributed by atoms with E-state index in [0.29, 0.717) is 0 Å². The third-order valence-corrected chi connectivity index (χ3v) is 2.78. The van der Waals surface area contributed by atoms with Crippen molar-refractivity contribution in [3.63, 3.8) is 0 Å². The van der Waals surface area contributed by atoms with Gasteiger partial charge in [0.2, 0.25) is 0 Å². The first kappa shape index (κ1) is 10.3. The van der Waals surface area contributed by atoms with E-state index in [1.54, 1.807) is 0 Å². The Morgan fingerprint density at radius 3 is 2.62 bits per heavy atom. The van der Waals surface area contributed by atoms with Crippen LogP contribution in [0.3, 0.4) is 0 Å². The lowest BCUT2D eigenvalue weighted by molar-refractivity contribution is -0.142. The van der Waals surface area contributed by atoms with Gasteiger partial charge < -0.3 is 5.11 Å². The number of hydrogen-bond acceptors (Lipinski definition) is 2. The molecular weight excluding hydrogens is 166 g/mol. The van der Waals surface area contributed by atoms with Crippen molar-refractivity contribution < 1.29 is 9.90 Å². The zero-order valence-corrected chi connectivity index (χ0v) is 8.29. The summed E-state index contributed by atoms with van der Waals surface area (Å²) in [5.74, 6) is -0.801. The molecule has 0 aromatic carbocycles. The van der Waals surface area contributed by atoms with E-state index in [2.05, 4.69) is 20.4 Å². The van der Waals surface area contributed by atoms with Gasteiger partial charge >= 0.3 is 5.97 Å². The van der Waals surface area contributed by atoms with E-state index in [1.807, 2.05) is 4.90 Å². The van der Waals surface area contributed by atoms with E-state index in [4.69, 9.17) is 5.11 Å². The van der Waals surface area contributed by atoms with Crippen molar-refractivity contribution in [2.45, 2.75) is 38.3 Å². The molecule has 0 aliphatic carbocycles. The lowest BCUT2D eigenvalue weighted by Crippen LogP contribution is -2.48. The number of aliphatic carboxylic acids is 1. The fourth-order valence-electron chi connectivity index (χ4n) is 2.01. The number of rotatable bonds is 3. The van der Waals surface area contributed by atoms with E-state index in [9.17, 15) is 4.79 Å². The average molecular weight is 183 g/mol. The van der Waals surface area contributed by atoms with Gasteiger partial charge in [-0.25, -0.2) is 0 Å². The molecule has 1 rings (SSSR count). The number of carbonyl (C=O) groups is 1. The van der Waals surface area contributed by atoms with Gasteiger partial charge in [-0.3, -0.25) is 9.69 Å². The molecule has 13 heavy (non-hydrogen) atoms. The van der Waals surface area contributed by atoms with E-state index < -0.39 is 12.0 Å². The molecule has 0 saturated carbocycles. The highest BCUT2D eigenvalue weighted by atomic mass is 16.4. The Morgan fingerprint density at radius 2 is 2.31 bits per heavy atom. The second-order valence-corrected chi connectivity index (χ2v) is 4.13. The third-order valence-electron chi connectivity index (χ3n) is 2.78. The van der Waals surface area contributed by atoms with E-state index >= 15 is 0 Å². The van der Waals surface area contributed by atoms with Crippen molar-refractivity contribution in [3.8, 4) is 0 Å². The van der Waals surface area contributed by atoms with Gasteiger partial charge in [-0.15, -0.1) is 6.58 Å². The molecule has 0 radical (unpaired) electrons. The smallest absolute Gasteiger partial charge is 0.324 e. The van der Waals surface area contributed by atoms with Crippen LogP contribution < -0.4 is 0 Å². The second kappa shape index (κ2) is 3.50. The molecule has 1 aliphatic heterocycles. The molecule has 1 saturated heterocycles. The first-order valence-corrected chi connectivity index (χ1v) is 4.61. The highest BCUT2D eigenvalue weighted by molar-refractivity contribution is 5.75. The number of carboxylic acids is 1. The zero-order valence-electron chi connectivity index (χ0n) is 8.29. The predicted octanol–water partition coefficient (Wildman–Crippen LogP) is 1.50. The minimum Gasteiger partial charge on any atom is -0.480 e. The fraction of sp³-hybridized carbons (Fsp3) is 0.700. The van der Waals surface area contributed by atoms with Gasteiger partial charge in [0.05, 0.1) is 0 Å². The quantitative estimate of drug-likeness (QED) is 0.674. The molecule has 1 aliphatic rings. The molecule has 3 nitrogen and oxygen atoms in total. The van der Waals surface area contributed by atoms with Gasteiger partial charge in [-0.2, -0.15) is 0 Å². The minimum atomic E-state index is -0.801. The van der Waals surface area contributed by atoms with E-state index in [1.165, 1.54) is 6.08 Å². The molecule has 0 bridgehead atoms. The average Bonchev–Trinajstić information content (AvgIpc) is 2.32. The normalized spacial score (nSPS) is 24.2. The van der Waals surface area contributed by atoms with Crippen molar-refractivity contribution in [3.05, 3.63) is 12.7 Å². The van der Waals surface area contributed by atoms with Crippen LogP contribution in [0.2, 0.25) is 0 Å². The van der Waals surface area contributed by atoms with Crippen LogP contribution in [0.4, 0.5) is 0 Å². The van der Waals surface area contributed by atoms with Gasteiger partial charge in [0.25, 0.3) is 0 Å². The van der Waals surface area contributed by atoms with E-state index in [-0.39, 0.29) is 5.54 Å². The Hall–Kier alpha value is -0.830. The maximum Gasteiger partial charge on any atom is 0.324 e. The summed E-state index contributed by atoms with van der Waals surface area (Å²) in [5, 5.41) is 8.95. The molecule has 1 atom stereocenters. The molecule has 0 aromatic heterocycles. The summed E-state index contributed by atoms with van der Waals surface area (Å²) in [6.07, 6.45) is 3.64. The molecule has 1 unspecified atom stereocenters. The summed E-state index contributed by atoms with van der Waals surface area (Å²) in [6.45, 7) is 8.59. The van der Waals surface area contributed by atoms with Gasteiger partial charge in [-0.1, -0.05) is 6.08 Å². The lowest BCUT2D eigenvalue weighted by Gasteiger charge is -2.34. The molecule has 74 valence electrons. The van der Waals surface area contributed by atoms with Crippen LogP contribution in [-0.4, -0.2) is 34.1 Å². The number of hydrogen-bond donors (Lipinski definition) is 1. The summed E-state index contributed by atoms with van der Waals surface area (Å²) < 4.78 is 0. The van der Waals surface area contributed by atoms with Crippen LogP contribution >= 0.6 is 0 Å². The van der Waals surface area contributed by atoms with Crippen molar-refractivity contribution in [1.82, 2.24) is 4.90 Å². The Balaban J connectivity index is 2.80. The Morgan fingerprint density at radius 1 is 1.69 bits per heavy atom. The monoisotopic (exact) mass is 183 g/mol. The van der Waals surface area contributed by atoms with Crippen LogP contribution in [0.25, 0.3) is 0 Å². The maximum absolute atomic E-state index is 10.9. The topological polar surface area (TPSA) is 40.5 Å². The lowest BCUT2D eigenvalue weighted by atomic mass is 10.0. The predicted molar refractivity (Wildman–Crippen MR) is 51.6 cm³/mol. The third kappa shape index (κ3) is 1.91. The molecule has 1 fully saturated rings. The van der Waals surface area contributed by atoms with Crippen molar-refractivity contribution in [2.75, 3.05) is 6.54 Å². The Labute approximate surface area is 79.0 Å². The van der Waals surface area contributed by atoms with Crippen molar-refractivity contribution >= 4 is 5.97 Å². The Kier molecular flexibility index (Phi) is 2.76. The van der Waals surface area contributed by atoms with Crippen molar-refractivity contribution in [2.24, 2.45) is 0 Å². The molecule has 0 spiro atoms. The highest BCUT2D eigenvalue weighted by Crippen LogP contribution is 2.30. The first-order valence-electron chi connectivity index (χ1n) is 4.61. The van der Waals surface area contributed by atoms with Crippen LogP contribution in [0.5, 0.6) is 0 Å². The maximum atomic E-state index is 10.9. The largest absolute Gasteiger partial charge is 0.480 e. The van der Waals surface area contributed by atoms with Crippen LogP contribution in [-0.2, 0) is 4.79 Å². The summed E-state index contributed by atoms with van der Waals surface area (Å²) >= 11 is 0. The van der Waals surface area contributed by atoms with Crippen LogP contribution in [0.15, 0.2) is 12.7 Å². The number of likely N-dealkylation sites (tertiary alicyclic amines) is 1.